The van der Waals surface area contributed by atoms with Gasteiger partial charge in [-0.05, 0) is 24.1 Å². The molecule has 0 amide bonds. The number of hydrogen-bond donors (Lipinski definition) is 0. The van der Waals surface area contributed by atoms with Crippen molar-refractivity contribution in [1.29, 1.82) is 0 Å². The molecule has 100 valence electrons. The van der Waals surface area contributed by atoms with Crippen LogP contribution in [0.1, 0.15) is 26.7 Å². The van der Waals surface area contributed by atoms with E-state index in [1.165, 1.54) is 6.07 Å². The van der Waals surface area contributed by atoms with Gasteiger partial charge in [0.15, 0.2) is 0 Å². The van der Waals surface area contributed by atoms with Crippen molar-refractivity contribution in [1.82, 2.24) is 0 Å². The lowest BCUT2D eigenvalue weighted by molar-refractivity contribution is -0.135. The molecule has 1 aromatic carbocycles. The van der Waals surface area contributed by atoms with Crippen LogP contribution in [0.2, 0.25) is 0 Å². The fourth-order valence-corrected chi connectivity index (χ4v) is 1.71. The molecule has 0 aliphatic carbocycles. The van der Waals surface area contributed by atoms with Gasteiger partial charge in [-0.1, -0.05) is 20.3 Å². The monoisotopic (exact) mass is 260 g/mol. The lowest BCUT2D eigenvalue weighted by Crippen LogP contribution is -2.11. The van der Waals surface area contributed by atoms with Crippen LogP contribution >= 0.6 is 0 Å². The molecule has 0 aliphatic heterocycles. The van der Waals surface area contributed by atoms with Gasteiger partial charge in [-0.3, -0.25) is 4.79 Å². The van der Waals surface area contributed by atoms with E-state index in [9.17, 15) is 9.59 Å². The maximum atomic E-state index is 11.7. The van der Waals surface area contributed by atoms with E-state index in [0.717, 1.165) is 11.8 Å². The number of esters is 1. The summed E-state index contributed by atoms with van der Waals surface area (Å²) in [6.45, 7) is 4.03. The first-order valence-corrected chi connectivity index (χ1v) is 6.33. The Kier molecular flexibility index (Phi) is 4.00. The van der Waals surface area contributed by atoms with Gasteiger partial charge in [0.2, 0.25) is 0 Å². The third kappa shape index (κ3) is 3.44. The average molecular weight is 260 g/mol. The molecule has 1 atom stereocenters. The van der Waals surface area contributed by atoms with Crippen molar-refractivity contribution in [2.24, 2.45) is 5.92 Å². The Balaban J connectivity index is 2.17. The average Bonchev–Trinajstić information content (AvgIpc) is 2.37. The molecule has 2 rings (SSSR count). The minimum absolute atomic E-state index is 0.271. The first kappa shape index (κ1) is 13.3. The molecule has 1 aromatic heterocycles. The fraction of sp³-hybridized carbons (Fsp3) is 0.333. The Morgan fingerprint density at radius 1 is 1.32 bits per heavy atom. The highest BCUT2D eigenvalue weighted by atomic mass is 16.5. The van der Waals surface area contributed by atoms with E-state index < -0.39 is 5.63 Å². The molecule has 1 heterocycles. The molecule has 0 radical (unpaired) electrons. The Bertz CT molecular complexity index is 642. The van der Waals surface area contributed by atoms with Gasteiger partial charge in [0.1, 0.15) is 11.3 Å². The zero-order chi connectivity index (χ0) is 13.8. The van der Waals surface area contributed by atoms with Crippen molar-refractivity contribution in [3.8, 4) is 5.75 Å². The van der Waals surface area contributed by atoms with Crippen LogP contribution in [0.25, 0.3) is 11.0 Å². The van der Waals surface area contributed by atoms with Crippen molar-refractivity contribution >= 4 is 16.9 Å². The smallest absolute Gasteiger partial charge is 0.336 e. The van der Waals surface area contributed by atoms with Gasteiger partial charge in [0.05, 0.1) is 0 Å². The Labute approximate surface area is 111 Å². The highest BCUT2D eigenvalue weighted by Gasteiger charge is 2.10. The standard InChI is InChI=1S/C15H16O4/c1-3-10(2)8-15(17)18-12-6-4-11-5-7-14(16)19-13(11)9-12/h4-7,9-10H,3,8H2,1-2H3. The summed E-state index contributed by atoms with van der Waals surface area (Å²) in [6.07, 6.45) is 1.31. The van der Waals surface area contributed by atoms with Crippen LogP contribution in [-0.2, 0) is 4.79 Å². The Hall–Kier alpha value is -2.10. The van der Waals surface area contributed by atoms with Crippen LogP contribution in [-0.4, -0.2) is 5.97 Å². The SMILES string of the molecule is CCC(C)CC(=O)Oc1ccc2ccc(=O)oc2c1. The molecular weight excluding hydrogens is 244 g/mol. The minimum atomic E-state index is -0.421. The summed E-state index contributed by atoms with van der Waals surface area (Å²) >= 11 is 0. The van der Waals surface area contributed by atoms with E-state index in [1.807, 2.05) is 13.8 Å². The summed E-state index contributed by atoms with van der Waals surface area (Å²) in [5.41, 5.74) is -0.00285. The zero-order valence-electron chi connectivity index (χ0n) is 11.0. The van der Waals surface area contributed by atoms with E-state index in [1.54, 1.807) is 24.3 Å². The fourth-order valence-electron chi connectivity index (χ4n) is 1.71. The molecule has 4 heteroatoms. The van der Waals surface area contributed by atoms with E-state index >= 15 is 0 Å². The van der Waals surface area contributed by atoms with Gasteiger partial charge in [-0.15, -0.1) is 0 Å². The first-order chi connectivity index (χ1) is 9.08. The van der Waals surface area contributed by atoms with Crippen LogP contribution in [0, 0.1) is 5.92 Å². The molecule has 4 nitrogen and oxygen atoms in total. The van der Waals surface area contributed by atoms with Crippen LogP contribution in [0.5, 0.6) is 5.75 Å². The lowest BCUT2D eigenvalue weighted by Gasteiger charge is -2.08. The predicted octanol–water partition coefficient (Wildman–Crippen LogP) is 3.13. The summed E-state index contributed by atoms with van der Waals surface area (Å²) in [7, 11) is 0. The number of rotatable bonds is 4. The highest BCUT2D eigenvalue weighted by molar-refractivity contribution is 5.79. The number of fused-ring (bicyclic) bond motifs is 1. The molecule has 0 fully saturated rings. The van der Waals surface area contributed by atoms with Gasteiger partial charge in [0.25, 0.3) is 0 Å². The molecule has 2 aromatic rings. The molecule has 19 heavy (non-hydrogen) atoms. The highest BCUT2D eigenvalue weighted by Crippen LogP contribution is 2.20. The third-order valence-corrected chi connectivity index (χ3v) is 3.04. The summed E-state index contributed by atoms with van der Waals surface area (Å²) in [5.74, 6) is 0.424. The van der Waals surface area contributed by atoms with Crippen LogP contribution in [0.3, 0.4) is 0 Å². The van der Waals surface area contributed by atoms with Crippen LogP contribution in [0.15, 0.2) is 39.5 Å². The van der Waals surface area contributed by atoms with Crippen LogP contribution in [0.4, 0.5) is 0 Å². The molecule has 0 N–H and O–H groups in total. The van der Waals surface area contributed by atoms with Crippen molar-refractivity contribution in [2.75, 3.05) is 0 Å². The normalized spacial score (nSPS) is 12.3. The van der Waals surface area contributed by atoms with Crippen molar-refractivity contribution in [3.05, 3.63) is 40.8 Å². The molecule has 0 bridgehead atoms. The molecule has 0 saturated carbocycles. The number of benzene rings is 1. The second-order valence-electron chi connectivity index (χ2n) is 4.65. The summed E-state index contributed by atoms with van der Waals surface area (Å²) < 4.78 is 10.3. The van der Waals surface area contributed by atoms with Gasteiger partial charge >= 0.3 is 11.6 Å². The Morgan fingerprint density at radius 3 is 2.79 bits per heavy atom. The second-order valence-corrected chi connectivity index (χ2v) is 4.65. The maximum absolute atomic E-state index is 11.7. The molecule has 0 spiro atoms. The van der Waals surface area contributed by atoms with E-state index in [0.29, 0.717) is 23.7 Å². The third-order valence-electron chi connectivity index (χ3n) is 3.04. The summed E-state index contributed by atoms with van der Waals surface area (Å²) in [4.78, 5) is 22.8. The number of hydrogen-bond acceptors (Lipinski definition) is 4. The van der Waals surface area contributed by atoms with Gasteiger partial charge < -0.3 is 9.15 Å². The van der Waals surface area contributed by atoms with E-state index in [4.69, 9.17) is 9.15 Å². The number of ether oxygens (including phenoxy) is 1. The lowest BCUT2D eigenvalue weighted by atomic mass is 10.1. The van der Waals surface area contributed by atoms with E-state index in [2.05, 4.69) is 0 Å². The molecule has 0 aliphatic rings. The largest absolute Gasteiger partial charge is 0.426 e. The maximum Gasteiger partial charge on any atom is 0.336 e. The predicted molar refractivity (Wildman–Crippen MR) is 72.2 cm³/mol. The number of carbonyl (C=O) groups is 1. The molecular formula is C15H16O4. The minimum Gasteiger partial charge on any atom is -0.426 e. The summed E-state index contributed by atoms with van der Waals surface area (Å²) in [5, 5.41) is 0.793. The molecule has 0 saturated heterocycles. The second kappa shape index (κ2) is 5.69. The summed E-state index contributed by atoms with van der Waals surface area (Å²) in [6, 6.07) is 8.04. The van der Waals surface area contributed by atoms with Crippen LogP contribution < -0.4 is 10.4 Å². The van der Waals surface area contributed by atoms with E-state index in [-0.39, 0.29) is 5.97 Å². The quantitative estimate of drug-likeness (QED) is 0.481. The van der Waals surface area contributed by atoms with Crippen molar-refractivity contribution < 1.29 is 13.9 Å². The zero-order valence-corrected chi connectivity index (χ0v) is 11.0. The Morgan fingerprint density at radius 2 is 2.05 bits per heavy atom. The molecule has 1 unspecified atom stereocenters. The van der Waals surface area contributed by atoms with Gasteiger partial charge in [-0.2, -0.15) is 0 Å². The van der Waals surface area contributed by atoms with Gasteiger partial charge in [0, 0.05) is 23.9 Å². The topological polar surface area (TPSA) is 56.5 Å². The van der Waals surface area contributed by atoms with Gasteiger partial charge in [-0.25, -0.2) is 4.79 Å². The van der Waals surface area contributed by atoms with Crippen molar-refractivity contribution in [2.45, 2.75) is 26.7 Å². The van der Waals surface area contributed by atoms with Crippen molar-refractivity contribution in [3.63, 3.8) is 0 Å². The number of carbonyl (C=O) groups excluding carboxylic acids is 1. The first-order valence-electron chi connectivity index (χ1n) is 6.33.